The van der Waals surface area contributed by atoms with Crippen LogP contribution >= 0.6 is 0 Å². The maximum atomic E-state index is 14.4. The molecule has 0 aromatic heterocycles. The van der Waals surface area contributed by atoms with Gasteiger partial charge in [-0.25, -0.2) is 4.39 Å². The number of rotatable bonds is 6. The molecule has 0 heterocycles. The van der Waals surface area contributed by atoms with Gasteiger partial charge in [-0.2, -0.15) is 0 Å². The Morgan fingerprint density at radius 1 is 1.33 bits per heavy atom. The van der Waals surface area contributed by atoms with Gasteiger partial charge in [-0.3, -0.25) is 0 Å². The van der Waals surface area contributed by atoms with Gasteiger partial charge in [0.1, 0.15) is 11.6 Å². The quantitative estimate of drug-likeness (QED) is 0.820. The first-order valence-electron chi connectivity index (χ1n) is 8.27. The third-order valence-corrected chi connectivity index (χ3v) is 4.84. The molecule has 2 nitrogen and oxygen atoms in total. The molecule has 0 saturated heterocycles. The summed E-state index contributed by atoms with van der Waals surface area (Å²) in [6.45, 7) is 5.19. The minimum Gasteiger partial charge on any atom is -0.496 e. The van der Waals surface area contributed by atoms with E-state index < -0.39 is 0 Å². The molecule has 0 amide bonds. The van der Waals surface area contributed by atoms with Gasteiger partial charge in [0.2, 0.25) is 0 Å². The van der Waals surface area contributed by atoms with E-state index in [1.54, 1.807) is 19.2 Å². The third kappa shape index (κ3) is 3.76. The second-order valence-corrected chi connectivity index (χ2v) is 6.09. The normalized spacial score (nSPS) is 23.8. The number of halogens is 1. The van der Waals surface area contributed by atoms with Crippen LogP contribution in [0.2, 0.25) is 0 Å². The van der Waals surface area contributed by atoms with Crippen LogP contribution in [0.15, 0.2) is 18.2 Å². The summed E-state index contributed by atoms with van der Waals surface area (Å²) in [6, 6.07) is 5.18. The first-order chi connectivity index (χ1) is 10.2. The van der Waals surface area contributed by atoms with E-state index in [1.807, 2.05) is 6.07 Å². The molecule has 1 fully saturated rings. The zero-order chi connectivity index (χ0) is 15.2. The summed E-state index contributed by atoms with van der Waals surface area (Å²) in [6.07, 6.45) is 6.16. The summed E-state index contributed by atoms with van der Waals surface area (Å²) in [7, 11) is 1.62. The number of ether oxygens (including phenoxy) is 1. The van der Waals surface area contributed by atoms with Crippen molar-refractivity contribution in [1.29, 1.82) is 0 Å². The number of hydrogen-bond donors (Lipinski definition) is 1. The highest BCUT2D eigenvalue weighted by Gasteiger charge is 2.31. The minimum atomic E-state index is -0.154. The van der Waals surface area contributed by atoms with Gasteiger partial charge in [0.05, 0.1) is 7.11 Å². The van der Waals surface area contributed by atoms with Gasteiger partial charge in [-0.1, -0.05) is 39.2 Å². The van der Waals surface area contributed by atoms with Crippen molar-refractivity contribution in [2.75, 3.05) is 13.7 Å². The van der Waals surface area contributed by atoms with Crippen molar-refractivity contribution in [3.05, 3.63) is 29.6 Å². The Morgan fingerprint density at radius 3 is 2.81 bits per heavy atom. The second kappa shape index (κ2) is 7.79. The summed E-state index contributed by atoms with van der Waals surface area (Å²) >= 11 is 0. The van der Waals surface area contributed by atoms with Crippen LogP contribution in [0.5, 0.6) is 5.75 Å². The third-order valence-electron chi connectivity index (χ3n) is 4.84. The SMILES string of the molecule is CCNC(c1c(F)cccc1OC)C1CCCC(CC)C1. The average molecular weight is 293 g/mol. The Kier molecular flexibility index (Phi) is 6.04. The van der Waals surface area contributed by atoms with E-state index in [9.17, 15) is 4.39 Å². The van der Waals surface area contributed by atoms with Crippen molar-refractivity contribution in [1.82, 2.24) is 5.32 Å². The molecule has 1 aliphatic carbocycles. The minimum absolute atomic E-state index is 0.0560. The predicted octanol–water partition coefficient (Wildman–Crippen LogP) is 4.70. The van der Waals surface area contributed by atoms with Gasteiger partial charge in [0, 0.05) is 11.6 Å². The Labute approximate surface area is 128 Å². The van der Waals surface area contributed by atoms with E-state index in [-0.39, 0.29) is 11.9 Å². The fourth-order valence-electron chi connectivity index (χ4n) is 3.73. The van der Waals surface area contributed by atoms with Crippen molar-refractivity contribution in [2.24, 2.45) is 11.8 Å². The van der Waals surface area contributed by atoms with Crippen molar-refractivity contribution in [2.45, 2.75) is 52.0 Å². The van der Waals surface area contributed by atoms with Gasteiger partial charge in [-0.05, 0) is 43.4 Å². The molecular formula is C18H28FNO. The maximum Gasteiger partial charge on any atom is 0.131 e. The van der Waals surface area contributed by atoms with Gasteiger partial charge in [-0.15, -0.1) is 0 Å². The topological polar surface area (TPSA) is 21.3 Å². The number of benzene rings is 1. The standard InChI is InChI=1S/C18H28FNO/c1-4-13-8-6-9-14(12-13)18(20-5-2)17-15(19)10-7-11-16(17)21-3/h7,10-11,13-14,18,20H,4-6,8-9,12H2,1-3H3. The smallest absolute Gasteiger partial charge is 0.131 e. The number of hydrogen-bond acceptors (Lipinski definition) is 2. The number of nitrogens with one attached hydrogen (secondary N) is 1. The zero-order valence-corrected chi connectivity index (χ0v) is 13.5. The summed E-state index contributed by atoms with van der Waals surface area (Å²) in [5.41, 5.74) is 0.712. The fourth-order valence-corrected chi connectivity index (χ4v) is 3.73. The van der Waals surface area contributed by atoms with Crippen LogP contribution in [0.25, 0.3) is 0 Å². The van der Waals surface area contributed by atoms with Gasteiger partial charge < -0.3 is 10.1 Å². The van der Waals surface area contributed by atoms with Crippen LogP contribution < -0.4 is 10.1 Å². The number of methoxy groups -OCH3 is 1. The molecule has 0 spiro atoms. The molecule has 3 unspecified atom stereocenters. The molecule has 118 valence electrons. The lowest BCUT2D eigenvalue weighted by atomic mass is 9.75. The van der Waals surface area contributed by atoms with Crippen LogP contribution in [-0.2, 0) is 0 Å². The Hall–Kier alpha value is -1.09. The van der Waals surface area contributed by atoms with E-state index in [0.717, 1.165) is 12.5 Å². The van der Waals surface area contributed by atoms with E-state index in [1.165, 1.54) is 32.1 Å². The highest BCUT2D eigenvalue weighted by molar-refractivity contribution is 5.37. The van der Waals surface area contributed by atoms with Crippen LogP contribution in [0.3, 0.4) is 0 Å². The van der Waals surface area contributed by atoms with E-state index in [4.69, 9.17) is 4.74 Å². The largest absolute Gasteiger partial charge is 0.496 e. The van der Waals surface area contributed by atoms with E-state index in [2.05, 4.69) is 19.2 Å². The molecule has 1 aromatic carbocycles. The molecular weight excluding hydrogens is 265 g/mol. The van der Waals surface area contributed by atoms with E-state index >= 15 is 0 Å². The maximum absolute atomic E-state index is 14.4. The fraction of sp³-hybridized carbons (Fsp3) is 0.667. The summed E-state index contributed by atoms with van der Waals surface area (Å²) < 4.78 is 19.8. The molecule has 1 aromatic rings. The van der Waals surface area contributed by atoms with E-state index in [0.29, 0.717) is 17.2 Å². The summed E-state index contributed by atoms with van der Waals surface area (Å²) in [5, 5.41) is 3.51. The van der Waals surface area contributed by atoms with Crippen LogP contribution in [-0.4, -0.2) is 13.7 Å². The molecule has 3 atom stereocenters. The van der Waals surface area contributed by atoms with Crippen LogP contribution in [0.4, 0.5) is 4.39 Å². The average Bonchev–Trinajstić information content (AvgIpc) is 2.53. The van der Waals surface area contributed by atoms with Gasteiger partial charge >= 0.3 is 0 Å². The highest BCUT2D eigenvalue weighted by Crippen LogP contribution is 2.41. The lowest BCUT2D eigenvalue weighted by Crippen LogP contribution is -2.32. The highest BCUT2D eigenvalue weighted by atomic mass is 19.1. The first-order valence-corrected chi connectivity index (χ1v) is 8.27. The summed E-state index contributed by atoms with van der Waals surface area (Å²) in [5.74, 6) is 1.79. The molecule has 21 heavy (non-hydrogen) atoms. The van der Waals surface area contributed by atoms with Crippen molar-refractivity contribution in [3.63, 3.8) is 0 Å². The molecule has 0 radical (unpaired) electrons. The lowest BCUT2D eigenvalue weighted by molar-refractivity contribution is 0.205. The van der Waals surface area contributed by atoms with Gasteiger partial charge in [0.25, 0.3) is 0 Å². The summed E-state index contributed by atoms with van der Waals surface area (Å²) in [4.78, 5) is 0. The monoisotopic (exact) mass is 293 g/mol. The Bertz CT molecular complexity index is 449. The van der Waals surface area contributed by atoms with Crippen molar-refractivity contribution >= 4 is 0 Å². The van der Waals surface area contributed by atoms with Crippen molar-refractivity contribution in [3.8, 4) is 5.75 Å². The van der Waals surface area contributed by atoms with Crippen molar-refractivity contribution < 1.29 is 9.13 Å². The van der Waals surface area contributed by atoms with Gasteiger partial charge in [0.15, 0.2) is 0 Å². The lowest BCUT2D eigenvalue weighted by Gasteiger charge is -2.35. The molecule has 1 saturated carbocycles. The van der Waals surface area contributed by atoms with Crippen LogP contribution in [0, 0.1) is 17.7 Å². The molecule has 0 aliphatic heterocycles. The zero-order valence-electron chi connectivity index (χ0n) is 13.5. The molecule has 0 bridgehead atoms. The Morgan fingerprint density at radius 2 is 2.14 bits per heavy atom. The molecule has 3 heteroatoms. The predicted molar refractivity (Wildman–Crippen MR) is 85.1 cm³/mol. The molecule has 1 aliphatic rings. The Balaban J connectivity index is 2.30. The molecule has 2 rings (SSSR count). The first kappa shape index (κ1) is 16.3. The molecule has 1 N–H and O–H groups in total. The van der Waals surface area contributed by atoms with Crippen LogP contribution in [0.1, 0.15) is 57.6 Å². The second-order valence-electron chi connectivity index (χ2n) is 6.09.